The molecule has 3 heterocycles. The quantitative estimate of drug-likeness (QED) is 0.299. The average Bonchev–Trinajstić information content (AvgIpc) is 3.84. The molecule has 3 fully saturated rings. The molecule has 0 bridgehead atoms. The largest absolute Gasteiger partial charge is 0.444 e. The summed E-state index contributed by atoms with van der Waals surface area (Å²) in [5, 5.41) is 12.0. The standard InChI is InChI=1S/C35H46IN5O4/c1-23-21-41(33(43)45-34(3,4)5)24(2)20-40(23)27-15-17-39(18-16-27)32-37-30-14-11-26(36)19-29(30)31(38-32)35(22-42,44-28-12-13-28)25-9-7-6-8-10-25/h6-11,14,19,23-24,27-28,42H,12-13,15-18,20-22H2,1-5H3/t23-,24+,35?/m0/s1. The van der Waals surface area contributed by atoms with Gasteiger partial charge in [0.2, 0.25) is 5.95 Å². The summed E-state index contributed by atoms with van der Waals surface area (Å²) in [5.74, 6) is 0.682. The number of halogens is 1. The number of nitrogens with zero attached hydrogens (tertiary/aromatic N) is 5. The predicted molar refractivity (Wildman–Crippen MR) is 184 cm³/mol. The molecule has 242 valence electrons. The zero-order valence-corrected chi connectivity index (χ0v) is 29.2. The van der Waals surface area contributed by atoms with Crippen LogP contribution in [0.5, 0.6) is 0 Å². The van der Waals surface area contributed by atoms with E-state index in [4.69, 9.17) is 19.4 Å². The minimum Gasteiger partial charge on any atom is -0.444 e. The van der Waals surface area contributed by atoms with Crippen molar-refractivity contribution in [3.8, 4) is 0 Å². The Labute approximate surface area is 280 Å². The number of aliphatic hydroxyl groups is 1. The molecule has 6 rings (SSSR count). The summed E-state index contributed by atoms with van der Waals surface area (Å²) >= 11 is 2.32. The highest BCUT2D eigenvalue weighted by atomic mass is 127. The Morgan fingerprint density at radius 3 is 2.33 bits per heavy atom. The van der Waals surface area contributed by atoms with Crippen LogP contribution in [0, 0.1) is 3.57 Å². The smallest absolute Gasteiger partial charge is 0.410 e. The van der Waals surface area contributed by atoms with Gasteiger partial charge in [-0.15, -0.1) is 0 Å². The number of carbonyl (C=O) groups excluding carboxylic acids is 1. The number of hydrogen-bond donors (Lipinski definition) is 1. The number of amides is 1. The lowest BCUT2D eigenvalue weighted by atomic mass is 9.88. The van der Waals surface area contributed by atoms with Crippen molar-refractivity contribution in [3.63, 3.8) is 0 Å². The number of piperazine rings is 1. The zero-order valence-electron chi connectivity index (χ0n) is 27.1. The van der Waals surface area contributed by atoms with E-state index in [1.54, 1.807) is 0 Å². The van der Waals surface area contributed by atoms with Crippen LogP contribution in [-0.4, -0.2) is 93.6 Å². The van der Waals surface area contributed by atoms with Crippen molar-refractivity contribution >= 4 is 45.5 Å². The van der Waals surface area contributed by atoms with Crippen LogP contribution in [-0.2, 0) is 15.1 Å². The Balaban J connectivity index is 1.25. The van der Waals surface area contributed by atoms with Crippen molar-refractivity contribution in [2.75, 3.05) is 37.7 Å². The number of fused-ring (bicyclic) bond motifs is 1. The third kappa shape index (κ3) is 6.94. The van der Waals surface area contributed by atoms with E-state index in [1.807, 2.05) is 56.0 Å². The molecule has 9 nitrogen and oxygen atoms in total. The number of hydrogen-bond acceptors (Lipinski definition) is 8. The molecular formula is C35H46IN5O4. The van der Waals surface area contributed by atoms with Crippen LogP contribution in [0.25, 0.3) is 10.9 Å². The van der Waals surface area contributed by atoms with Gasteiger partial charge in [-0.1, -0.05) is 30.3 Å². The van der Waals surface area contributed by atoms with E-state index in [1.165, 1.54) is 0 Å². The number of aromatic nitrogens is 2. The van der Waals surface area contributed by atoms with E-state index in [-0.39, 0.29) is 30.9 Å². The number of ether oxygens (including phenoxy) is 2. The van der Waals surface area contributed by atoms with Crippen LogP contribution in [0.1, 0.15) is 71.6 Å². The Bertz CT molecular complexity index is 1510. The number of anilines is 1. The lowest BCUT2D eigenvalue weighted by Crippen LogP contribution is -2.62. The van der Waals surface area contributed by atoms with Crippen LogP contribution in [0.2, 0.25) is 0 Å². The SMILES string of the molecule is C[C@@H]1CN(C2CCN(c3nc(C(CO)(OC4CC4)c4ccccc4)c4cc(I)ccc4n3)CC2)[C@@H](C)CN1C(=O)OC(C)(C)C. The second kappa shape index (κ2) is 12.9. The maximum absolute atomic E-state index is 12.9. The molecule has 1 unspecified atom stereocenters. The first kappa shape index (κ1) is 32.4. The highest BCUT2D eigenvalue weighted by Crippen LogP contribution is 2.42. The van der Waals surface area contributed by atoms with Crippen LogP contribution < -0.4 is 4.90 Å². The molecule has 3 atom stereocenters. The van der Waals surface area contributed by atoms with Crippen molar-refractivity contribution in [1.82, 2.24) is 19.8 Å². The van der Waals surface area contributed by atoms with Gasteiger partial charge < -0.3 is 24.4 Å². The first-order valence-corrected chi connectivity index (χ1v) is 17.4. The predicted octanol–water partition coefficient (Wildman–Crippen LogP) is 5.95. The zero-order chi connectivity index (χ0) is 31.9. The van der Waals surface area contributed by atoms with Gasteiger partial charge in [0.15, 0.2) is 5.60 Å². The van der Waals surface area contributed by atoms with E-state index in [0.29, 0.717) is 18.5 Å². The molecule has 45 heavy (non-hydrogen) atoms. The number of benzene rings is 2. The molecule has 1 amide bonds. The second-order valence-electron chi connectivity index (χ2n) is 13.9. The Morgan fingerprint density at radius 1 is 0.978 bits per heavy atom. The molecule has 2 aromatic carbocycles. The van der Waals surface area contributed by atoms with Gasteiger partial charge in [0.25, 0.3) is 0 Å². The first-order valence-electron chi connectivity index (χ1n) is 16.3. The minimum absolute atomic E-state index is 0.0827. The molecule has 1 N–H and O–H groups in total. The van der Waals surface area contributed by atoms with Gasteiger partial charge in [-0.05, 0) is 107 Å². The minimum atomic E-state index is -1.08. The van der Waals surface area contributed by atoms with Crippen LogP contribution in [0.4, 0.5) is 10.7 Å². The van der Waals surface area contributed by atoms with Gasteiger partial charge in [-0.2, -0.15) is 0 Å². The van der Waals surface area contributed by atoms with E-state index in [2.05, 4.69) is 64.4 Å². The van der Waals surface area contributed by atoms with E-state index >= 15 is 0 Å². The van der Waals surface area contributed by atoms with Gasteiger partial charge in [0.1, 0.15) is 5.60 Å². The monoisotopic (exact) mass is 727 g/mol. The summed E-state index contributed by atoms with van der Waals surface area (Å²) in [6.45, 7) is 13.0. The topological polar surface area (TPSA) is 91.3 Å². The fourth-order valence-corrected chi connectivity index (χ4v) is 7.31. The second-order valence-corrected chi connectivity index (χ2v) is 15.2. The van der Waals surface area contributed by atoms with Gasteiger partial charge in [-0.25, -0.2) is 14.8 Å². The Morgan fingerprint density at radius 2 is 1.69 bits per heavy atom. The summed E-state index contributed by atoms with van der Waals surface area (Å²) in [4.78, 5) is 29.9. The summed E-state index contributed by atoms with van der Waals surface area (Å²) in [6.07, 6.45) is 3.81. The average molecular weight is 728 g/mol. The number of rotatable bonds is 7. The normalized spacial score (nSPS) is 23.3. The van der Waals surface area contributed by atoms with Crippen molar-refractivity contribution < 1.29 is 19.4 Å². The third-order valence-corrected chi connectivity index (χ3v) is 9.93. The molecule has 2 aliphatic heterocycles. The van der Waals surface area contributed by atoms with Crippen LogP contribution >= 0.6 is 22.6 Å². The first-order chi connectivity index (χ1) is 21.5. The molecule has 2 saturated heterocycles. The molecule has 3 aromatic rings. The molecular weight excluding hydrogens is 681 g/mol. The molecule has 0 radical (unpaired) electrons. The lowest BCUT2D eigenvalue weighted by molar-refractivity contribution is -0.0672. The third-order valence-electron chi connectivity index (χ3n) is 9.26. The Kier molecular flexibility index (Phi) is 9.31. The molecule has 3 aliphatic rings. The van der Waals surface area contributed by atoms with Gasteiger partial charge in [0.05, 0.1) is 23.9 Å². The number of aliphatic hydroxyl groups excluding tert-OH is 1. The fourth-order valence-electron chi connectivity index (χ4n) is 6.81. The summed E-state index contributed by atoms with van der Waals surface area (Å²) < 4.78 is 13.5. The highest BCUT2D eigenvalue weighted by molar-refractivity contribution is 14.1. The summed E-state index contributed by atoms with van der Waals surface area (Å²) in [6, 6.07) is 17.0. The van der Waals surface area contributed by atoms with E-state index in [9.17, 15) is 9.90 Å². The maximum atomic E-state index is 12.9. The fraction of sp³-hybridized carbons (Fsp3) is 0.571. The van der Waals surface area contributed by atoms with E-state index < -0.39 is 11.2 Å². The molecule has 1 aliphatic carbocycles. The summed E-state index contributed by atoms with van der Waals surface area (Å²) in [5.41, 5.74) is 0.891. The van der Waals surface area contributed by atoms with Gasteiger partial charge in [-0.3, -0.25) is 4.90 Å². The van der Waals surface area contributed by atoms with Crippen molar-refractivity contribution in [1.29, 1.82) is 0 Å². The number of piperidine rings is 1. The molecule has 1 aromatic heterocycles. The number of carbonyl (C=O) groups is 1. The maximum Gasteiger partial charge on any atom is 0.410 e. The summed E-state index contributed by atoms with van der Waals surface area (Å²) in [7, 11) is 0. The lowest BCUT2D eigenvalue weighted by Gasteiger charge is -2.49. The molecule has 0 spiro atoms. The van der Waals surface area contributed by atoms with Crippen molar-refractivity contribution in [2.24, 2.45) is 0 Å². The van der Waals surface area contributed by atoms with Crippen LogP contribution in [0.3, 0.4) is 0 Å². The van der Waals surface area contributed by atoms with Crippen molar-refractivity contribution in [2.45, 2.75) is 95.7 Å². The van der Waals surface area contributed by atoms with Crippen molar-refractivity contribution in [3.05, 3.63) is 63.4 Å². The molecule has 10 heteroatoms. The highest BCUT2D eigenvalue weighted by Gasteiger charge is 2.44. The van der Waals surface area contributed by atoms with Gasteiger partial charge in [0, 0.05) is 53.3 Å². The van der Waals surface area contributed by atoms with Gasteiger partial charge >= 0.3 is 6.09 Å². The van der Waals surface area contributed by atoms with Crippen LogP contribution in [0.15, 0.2) is 48.5 Å². The van der Waals surface area contributed by atoms with E-state index in [0.717, 1.165) is 71.0 Å². The molecule has 1 saturated carbocycles. The Hall–Kier alpha value is -2.54.